The molecule has 3 N–H and O–H groups in total. The number of nitrogens with one attached hydrogen (secondary N) is 2. The largest absolute Gasteiger partial charge is 0.495 e. The summed E-state index contributed by atoms with van der Waals surface area (Å²) < 4.78 is 32.4. The summed E-state index contributed by atoms with van der Waals surface area (Å²) in [6, 6.07) is 1.07. The van der Waals surface area contributed by atoms with Crippen molar-refractivity contribution < 1.29 is 27.9 Å². The Morgan fingerprint density at radius 3 is 2.36 bits per heavy atom. The summed E-state index contributed by atoms with van der Waals surface area (Å²) in [5.74, 6) is -1.77. The molecule has 140 valence electrons. The Morgan fingerprint density at radius 2 is 1.92 bits per heavy atom. The molecule has 1 aromatic rings. The molecule has 0 bridgehead atoms. The van der Waals surface area contributed by atoms with Crippen molar-refractivity contribution in [3.05, 3.63) is 17.2 Å². The number of ether oxygens (including phenoxy) is 1. The van der Waals surface area contributed by atoms with Crippen LogP contribution in [0.3, 0.4) is 0 Å². The van der Waals surface area contributed by atoms with Gasteiger partial charge in [0.1, 0.15) is 16.7 Å². The fourth-order valence-electron chi connectivity index (χ4n) is 2.11. The molecular formula is C15H21ClN2O6S. The number of carbonyl (C=O) groups excluding carboxylic acids is 1. The van der Waals surface area contributed by atoms with E-state index in [1.807, 2.05) is 0 Å². The molecule has 0 heterocycles. The summed E-state index contributed by atoms with van der Waals surface area (Å²) in [4.78, 5) is 22.2. The third-order valence-electron chi connectivity index (χ3n) is 3.16. The highest BCUT2D eigenvalue weighted by molar-refractivity contribution is 7.89. The molecule has 0 saturated carbocycles. The van der Waals surface area contributed by atoms with Gasteiger partial charge in [-0.3, -0.25) is 9.59 Å². The van der Waals surface area contributed by atoms with Gasteiger partial charge in [0.05, 0.1) is 17.8 Å². The maximum atomic E-state index is 12.6. The van der Waals surface area contributed by atoms with Crippen LogP contribution in [0.25, 0.3) is 0 Å². The average molecular weight is 393 g/mol. The number of carboxylic acids is 1. The molecule has 1 aromatic carbocycles. The molecule has 0 saturated heterocycles. The topological polar surface area (TPSA) is 122 Å². The van der Waals surface area contributed by atoms with Gasteiger partial charge in [0.15, 0.2) is 0 Å². The van der Waals surface area contributed by atoms with E-state index in [2.05, 4.69) is 10.0 Å². The molecule has 0 unspecified atom stereocenters. The summed E-state index contributed by atoms with van der Waals surface area (Å²) in [6.45, 7) is 4.84. The standard InChI is InChI=1S/C15H21ClN2O6S/c1-8(2)5-12(15(20)21)18-25(22,23)14-6-10(16)11(17-9(3)19)7-13(14)24-4/h6-8,12,18H,5H2,1-4H3,(H,17,19)(H,20,21)/t12-/m0/s1. The molecule has 25 heavy (non-hydrogen) atoms. The van der Waals surface area contributed by atoms with Gasteiger partial charge >= 0.3 is 5.97 Å². The lowest BCUT2D eigenvalue weighted by atomic mass is 10.1. The van der Waals surface area contributed by atoms with Crippen LogP contribution in [0.2, 0.25) is 5.02 Å². The lowest BCUT2D eigenvalue weighted by molar-refractivity contribution is -0.139. The lowest BCUT2D eigenvalue weighted by Crippen LogP contribution is -2.41. The molecule has 0 fully saturated rings. The Kier molecular flexibility index (Phi) is 7.21. The minimum atomic E-state index is -4.21. The van der Waals surface area contributed by atoms with Crippen molar-refractivity contribution >= 4 is 39.2 Å². The smallest absolute Gasteiger partial charge is 0.321 e. The van der Waals surface area contributed by atoms with E-state index in [-0.39, 0.29) is 39.6 Å². The van der Waals surface area contributed by atoms with E-state index in [9.17, 15) is 23.1 Å². The number of hydrogen-bond donors (Lipinski definition) is 3. The van der Waals surface area contributed by atoms with Gasteiger partial charge in [-0.05, 0) is 18.4 Å². The maximum Gasteiger partial charge on any atom is 0.321 e. The van der Waals surface area contributed by atoms with Crippen LogP contribution in [0.1, 0.15) is 27.2 Å². The molecule has 0 aliphatic heterocycles. The number of rotatable bonds is 8. The fraction of sp³-hybridized carbons (Fsp3) is 0.467. The first-order valence-electron chi connectivity index (χ1n) is 7.38. The Labute approximate surface area is 151 Å². The van der Waals surface area contributed by atoms with Crippen LogP contribution in [-0.4, -0.2) is 38.6 Å². The third-order valence-corrected chi connectivity index (χ3v) is 4.96. The Morgan fingerprint density at radius 1 is 1.32 bits per heavy atom. The maximum absolute atomic E-state index is 12.6. The predicted octanol–water partition coefficient (Wildman–Crippen LogP) is 2.08. The summed E-state index contributed by atoms with van der Waals surface area (Å²) in [5.41, 5.74) is 0.182. The van der Waals surface area contributed by atoms with E-state index in [1.165, 1.54) is 20.1 Å². The fourth-order valence-corrected chi connectivity index (χ4v) is 3.77. The van der Waals surface area contributed by atoms with Crippen LogP contribution >= 0.6 is 11.6 Å². The zero-order chi connectivity index (χ0) is 19.4. The summed E-state index contributed by atoms with van der Waals surface area (Å²) in [6.07, 6.45) is 0.120. The van der Waals surface area contributed by atoms with E-state index in [1.54, 1.807) is 13.8 Å². The van der Waals surface area contributed by atoms with Crippen LogP contribution < -0.4 is 14.8 Å². The number of methoxy groups -OCH3 is 1. The monoisotopic (exact) mass is 392 g/mol. The number of carbonyl (C=O) groups is 2. The molecule has 1 atom stereocenters. The second kappa shape index (κ2) is 8.50. The Bertz CT molecular complexity index is 764. The molecule has 0 aliphatic carbocycles. The van der Waals surface area contributed by atoms with Gasteiger partial charge in [-0.25, -0.2) is 8.42 Å². The molecule has 10 heteroatoms. The van der Waals surface area contributed by atoms with Crippen molar-refractivity contribution in [1.29, 1.82) is 0 Å². The van der Waals surface area contributed by atoms with Crippen LogP contribution in [-0.2, 0) is 19.6 Å². The number of anilines is 1. The van der Waals surface area contributed by atoms with Crippen LogP contribution in [0, 0.1) is 5.92 Å². The Balaban J connectivity index is 3.30. The zero-order valence-electron chi connectivity index (χ0n) is 14.3. The van der Waals surface area contributed by atoms with E-state index in [0.29, 0.717) is 0 Å². The first kappa shape index (κ1) is 21.2. The van der Waals surface area contributed by atoms with E-state index >= 15 is 0 Å². The molecule has 0 spiro atoms. The highest BCUT2D eigenvalue weighted by Crippen LogP contribution is 2.34. The van der Waals surface area contributed by atoms with Gasteiger partial charge < -0.3 is 15.2 Å². The van der Waals surface area contributed by atoms with Crippen molar-refractivity contribution in [3.63, 3.8) is 0 Å². The summed E-state index contributed by atoms with van der Waals surface area (Å²) in [7, 11) is -2.96. The number of sulfonamides is 1. The number of aliphatic carboxylic acids is 1. The van der Waals surface area contributed by atoms with Crippen molar-refractivity contribution in [2.45, 2.75) is 38.1 Å². The molecule has 8 nitrogen and oxygen atoms in total. The second-order valence-corrected chi connectivity index (χ2v) is 7.90. The third kappa shape index (κ3) is 5.87. The van der Waals surface area contributed by atoms with Crippen molar-refractivity contribution in [3.8, 4) is 5.75 Å². The summed E-state index contributed by atoms with van der Waals surface area (Å²) in [5, 5.41) is 11.7. The SMILES string of the molecule is COc1cc(NC(C)=O)c(Cl)cc1S(=O)(=O)N[C@@H](CC(C)C)C(=O)O. The molecule has 0 aromatic heterocycles. The van der Waals surface area contributed by atoms with Crippen molar-refractivity contribution in [2.75, 3.05) is 12.4 Å². The highest BCUT2D eigenvalue weighted by Gasteiger charge is 2.29. The number of amides is 1. The molecule has 0 aliphatic rings. The lowest BCUT2D eigenvalue weighted by Gasteiger charge is -2.18. The Hall–Kier alpha value is -1.84. The number of benzene rings is 1. The molecule has 1 rings (SSSR count). The second-order valence-electron chi connectivity index (χ2n) is 5.81. The minimum absolute atomic E-state index is 0.0212. The predicted molar refractivity (Wildman–Crippen MR) is 93.5 cm³/mol. The van der Waals surface area contributed by atoms with Gasteiger partial charge in [-0.2, -0.15) is 4.72 Å². The normalized spacial score (nSPS) is 12.7. The summed E-state index contributed by atoms with van der Waals surface area (Å²) >= 11 is 6.01. The molecule has 1 amide bonds. The number of carboxylic acid groups (broad SMARTS) is 1. The average Bonchev–Trinajstić information content (AvgIpc) is 2.46. The van der Waals surface area contributed by atoms with Crippen LogP contribution in [0.15, 0.2) is 17.0 Å². The van der Waals surface area contributed by atoms with Gasteiger partial charge in [-0.15, -0.1) is 0 Å². The van der Waals surface area contributed by atoms with Crippen molar-refractivity contribution in [1.82, 2.24) is 4.72 Å². The quantitative estimate of drug-likeness (QED) is 0.622. The van der Waals surface area contributed by atoms with Gasteiger partial charge in [0, 0.05) is 13.0 Å². The van der Waals surface area contributed by atoms with E-state index < -0.39 is 22.0 Å². The van der Waals surface area contributed by atoms with E-state index in [0.717, 1.165) is 6.07 Å². The van der Waals surface area contributed by atoms with Crippen LogP contribution in [0.4, 0.5) is 5.69 Å². The first-order chi connectivity index (χ1) is 11.5. The van der Waals surface area contributed by atoms with Crippen LogP contribution in [0.5, 0.6) is 5.75 Å². The molecular weight excluding hydrogens is 372 g/mol. The number of halogens is 1. The van der Waals surface area contributed by atoms with E-state index in [4.69, 9.17) is 16.3 Å². The van der Waals surface area contributed by atoms with Gasteiger partial charge in [-0.1, -0.05) is 25.4 Å². The van der Waals surface area contributed by atoms with Gasteiger partial charge in [0.25, 0.3) is 0 Å². The zero-order valence-corrected chi connectivity index (χ0v) is 15.9. The van der Waals surface area contributed by atoms with Crippen molar-refractivity contribution in [2.24, 2.45) is 5.92 Å². The molecule has 0 radical (unpaired) electrons. The first-order valence-corrected chi connectivity index (χ1v) is 9.24. The number of hydrogen-bond acceptors (Lipinski definition) is 5. The highest BCUT2D eigenvalue weighted by atomic mass is 35.5. The van der Waals surface area contributed by atoms with Gasteiger partial charge in [0.2, 0.25) is 15.9 Å². The minimum Gasteiger partial charge on any atom is -0.495 e.